The molecule has 0 aliphatic carbocycles. The van der Waals surface area contributed by atoms with Gasteiger partial charge in [-0.3, -0.25) is 0 Å². The minimum atomic E-state index is 0.536. The second kappa shape index (κ2) is 6.04. The largest absolute Gasteiger partial charge is 0.493 e. The number of hydrogen-bond acceptors (Lipinski definition) is 5. The summed E-state index contributed by atoms with van der Waals surface area (Å²) in [5.74, 6) is 1.43. The van der Waals surface area contributed by atoms with Gasteiger partial charge < -0.3 is 15.2 Å². The summed E-state index contributed by atoms with van der Waals surface area (Å²) in [6, 6.07) is 5.82. The molecule has 0 unspecified atom stereocenters. The molecule has 0 radical (unpaired) electrons. The molecular weight excluding hydrogens is 260 g/mol. The van der Waals surface area contributed by atoms with Crippen LogP contribution in [0.2, 0.25) is 0 Å². The van der Waals surface area contributed by atoms with Crippen molar-refractivity contribution in [3.63, 3.8) is 0 Å². The summed E-state index contributed by atoms with van der Waals surface area (Å²) in [7, 11) is 3.26. The maximum Gasteiger partial charge on any atom is 0.161 e. The highest BCUT2D eigenvalue weighted by atomic mass is 32.1. The van der Waals surface area contributed by atoms with Gasteiger partial charge in [0, 0.05) is 17.0 Å². The number of hydrogen-bond donors (Lipinski definition) is 1. The highest BCUT2D eigenvalue weighted by Crippen LogP contribution is 2.35. The minimum absolute atomic E-state index is 0.536. The van der Waals surface area contributed by atoms with E-state index in [9.17, 15) is 0 Å². The quantitative estimate of drug-likeness (QED) is 0.913. The zero-order valence-electron chi connectivity index (χ0n) is 11.4. The Morgan fingerprint density at radius 3 is 2.47 bits per heavy atom. The lowest BCUT2D eigenvalue weighted by molar-refractivity contribution is 0.355. The Labute approximate surface area is 117 Å². The van der Waals surface area contributed by atoms with Crippen molar-refractivity contribution >= 4 is 11.3 Å². The van der Waals surface area contributed by atoms with E-state index in [0.717, 1.165) is 33.3 Å². The molecule has 0 fully saturated rings. The lowest BCUT2D eigenvalue weighted by Crippen LogP contribution is -1.96. The maximum absolute atomic E-state index is 5.75. The van der Waals surface area contributed by atoms with Crippen LogP contribution >= 0.6 is 11.3 Å². The molecule has 1 aromatic carbocycles. The summed E-state index contributed by atoms with van der Waals surface area (Å²) in [4.78, 5) is 5.79. The van der Waals surface area contributed by atoms with E-state index in [1.807, 2.05) is 18.2 Å². The van der Waals surface area contributed by atoms with Gasteiger partial charge >= 0.3 is 0 Å². The summed E-state index contributed by atoms with van der Waals surface area (Å²) in [5.41, 5.74) is 7.85. The van der Waals surface area contributed by atoms with Gasteiger partial charge in [-0.25, -0.2) is 4.98 Å². The number of benzene rings is 1. The average Bonchev–Trinajstić information content (AvgIpc) is 2.89. The van der Waals surface area contributed by atoms with Crippen LogP contribution in [0, 0.1) is 0 Å². The van der Waals surface area contributed by atoms with Gasteiger partial charge in [-0.05, 0) is 24.6 Å². The number of aryl methyl sites for hydroxylation is 1. The van der Waals surface area contributed by atoms with E-state index in [1.54, 1.807) is 25.6 Å². The number of rotatable bonds is 5. The normalized spacial score (nSPS) is 10.5. The standard InChI is InChI=1S/C14H18N2O2S/c1-4-10-13(8-15)19-14(16-10)9-5-6-11(17-2)12(7-9)18-3/h5-7H,4,8,15H2,1-3H3. The third kappa shape index (κ3) is 2.72. The Morgan fingerprint density at radius 2 is 1.95 bits per heavy atom. The van der Waals surface area contributed by atoms with E-state index in [1.165, 1.54) is 0 Å². The Kier molecular flexibility index (Phi) is 4.39. The van der Waals surface area contributed by atoms with Crippen LogP contribution in [0.5, 0.6) is 11.5 Å². The Balaban J connectivity index is 2.44. The second-order valence-corrected chi connectivity index (χ2v) is 5.10. The predicted molar refractivity (Wildman–Crippen MR) is 77.9 cm³/mol. The first kappa shape index (κ1) is 13.8. The summed E-state index contributed by atoms with van der Waals surface area (Å²) in [5, 5.41) is 0.971. The molecule has 0 atom stereocenters. The molecule has 5 heteroatoms. The summed E-state index contributed by atoms with van der Waals surface area (Å²) in [6.07, 6.45) is 0.899. The number of methoxy groups -OCH3 is 2. The van der Waals surface area contributed by atoms with Crippen LogP contribution in [-0.4, -0.2) is 19.2 Å². The van der Waals surface area contributed by atoms with Gasteiger partial charge in [-0.15, -0.1) is 11.3 Å². The number of thiazole rings is 1. The molecule has 2 aromatic rings. The zero-order valence-corrected chi connectivity index (χ0v) is 12.2. The first-order valence-corrected chi connectivity index (χ1v) is 6.96. The van der Waals surface area contributed by atoms with Crippen LogP contribution in [0.25, 0.3) is 10.6 Å². The SMILES string of the molecule is CCc1nc(-c2ccc(OC)c(OC)c2)sc1CN. The summed E-state index contributed by atoms with van der Waals surface area (Å²) < 4.78 is 10.6. The van der Waals surface area contributed by atoms with Crippen LogP contribution in [0.3, 0.4) is 0 Å². The topological polar surface area (TPSA) is 57.4 Å². The Morgan fingerprint density at radius 1 is 1.21 bits per heavy atom. The van der Waals surface area contributed by atoms with Gasteiger partial charge in [0.25, 0.3) is 0 Å². The molecule has 0 spiro atoms. The van der Waals surface area contributed by atoms with E-state index in [-0.39, 0.29) is 0 Å². The molecular formula is C14H18N2O2S. The first-order valence-electron chi connectivity index (χ1n) is 6.14. The molecule has 2 N–H and O–H groups in total. The van der Waals surface area contributed by atoms with Crippen molar-refractivity contribution in [2.75, 3.05) is 14.2 Å². The number of ether oxygens (including phenoxy) is 2. The lowest BCUT2D eigenvalue weighted by Gasteiger charge is -2.08. The van der Waals surface area contributed by atoms with Crippen molar-refractivity contribution in [1.29, 1.82) is 0 Å². The van der Waals surface area contributed by atoms with E-state index in [4.69, 9.17) is 15.2 Å². The van der Waals surface area contributed by atoms with Crippen LogP contribution in [0.15, 0.2) is 18.2 Å². The first-order chi connectivity index (χ1) is 9.23. The smallest absolute Gasteiger partial charge is 0.161 e. The molecule has 19 heavy (non-hydrogen) atoms. The van der Waals surface area contributed by atoms with Crippen LogP contribution in [0.1, 0.15) is 17.5 Å². The van der Waals surface area contributed by atoms with Gasteiger partial charge in [0.1, 0.15) is 5.01 Å². The fourth-order valence-electron chi connectivity index (χ4n) is 1.91. The van der Waals surface area contributed by atoms with E-state index in [2.05, 4.69) is 11.9 Å². The van der Waals surface area contributed by atoms with Crippen LogP contribution in [-0.2, 0) is 13.0 Å². The molecule has 4 nitrogen and oxygen atoms in total. The average molecular weight is 278 g/mol. The van der Waals surface area contributed by atoms with Crippen molar-refractivity contribution in [2.24, 2.45) is 5.73 Å². The van der Waals surface area contributed by atoms with Crippen LogP contribution in [0.4, 0.5) is 0 Å². The summed E-state index contributed by atoms with van der Waals surface area (Å²) in [6.45, 7) is 2.63. The number of nitrogens with two attached hydrogens (primary N) is 1. The predicted octanol–water partition coefficient (Wildman–Crippen LogP) is 2.85. The van der Waals surface area contributed by atoms with Gasteiger partial charge in [0.15, 0.2) is 11.5 Å². The Hall–Kier alpha value is -1.59. The number of nitrogens with zero attached hydrogens (tertiary/aromatic N) is 1. The minimum Gasteiger partial charge on any atom is -0.493 e. The highest BCUT2D eigenvalue weighted by molar-refractivity contribution is 7.15. The maximum atomic E-state index is 5.75. The molecule has 0 aliphatic rings. The molecule has 0 amide bonds. The molecule has 2 rings (SSSR count). The Bertz CT molecular complexity index is 545. The fourth-order valence-corrected chi connectivity index (χ4v) is 2.94. The van der Waals surface area contributed by atoms with E-state index >= 15 is 0 Å². The van der Waals surface area contributed by atoms with Gasteiger partial charge in [0.2, 0.25) is 0 Å². The van der Waals surface area contributed by atoms with Gasteiger partial charge in [-0.2, -0.15) is 0 Å². The molecule has 0 bridgehead atoms. The highest BCUT2D eigenvalue weighted by Gasteiger charge is 2.12. The van der Waals surface area contributed by atoms with Gasteiger partial charge in [-0.1, -0.05) is 6.92 Å². The van der Waals surface area contributed by atoms with Crippen molar-refractivity contribution in [1.82, 2.24) is 4.98 Å². The molecule has 0 aliphatic heterocycles. The molecule has 0 saturated carbocycles. The fraction of sp³-hybridized carbons (Fsp3) is 0.357. The van der Waals surface area contributed by atoms with Crippen molar-refractivity contribution in [3.8, 4) is 22.1 Å². The molecule has 102 valence electrons. The monoisotopic (exact) mass is 278 g/mol. The third-order valence-electron chi connectivity index (χ3n) is 2.93. The lowest BCUT2D eigenvalue weighted by atomic mass is 10.2. The molecule has 1 aromatic heterocycles. The van der Waals surface area contributed by atoms with Crippen LogP contribution < -0.4 is 15.2 Å². The van der Waals surface area contributed by atoms with E-state index < -0.39 is 0 Å². The van der Waals surface area contributed by atoms with Crippen molar-refractivity contribution in [2.45, 2.75) is 19.9 Å². The van der Waals surface area contributed by atoms with Crippen molar-refractivity contribution < 1.29 is 9.47 Å². The van der Waals surface area contributed by atoms with Crippen molar-refractivity contribution in [3.05, 3.63) is 28.8 Å². The van der Waals surface area contributed by atoms with E-state index in [0.29, 0.717) is 12.3 Å². The number of aromatic nitrogens is 1. The molecule has 1 heterocycles. The third-order valence-corrected chi connectivity index (χ3v) is 4.10. The molecule has 0 saturated heterocycles. The second-order valence-electron chi connectivity index (χ2n) is 4.02. The zero-order chi connectivity index (χ0) is 13.8. The summed E-state index contributed by atoms with van der Waals surface area (Å²) >= 11 is 1.64. The van der Waals surface area contributed by atoms with Gasteiger partial charge in [0.05, 0.1) is 19.9 Å².